The van der Waals surface area contributed by atoms with Crippen LogP contribution in [0.2, 0.25) is 0 Å². The van der Waals surface area contributed by atoms with Crippen LogP contribution in [0, 0.1) is 5.92 Å². The molecule has 0 saturated carbocycles. The van der Waals surface area contributed by atoms with Crippen LogP contribution in [0.4, 0.5) is 0 Å². The fourth-order valence-electron chi connectivity index (χ4n) is 3.03. The predicted octanol–water partition coefficient (Wildman–Crippen LogP) is 0.164. The molecule has 0 spiro atoms. The normalized spacial score (nSPS) is 17.1. The Balaban J connectivity index is 1.58. The Kier molecular flexibility index (Phi) is 5.90. The molecule has 2 heterocycles. The highest BCUT2D eigenvalue weighted by Gasteiger charge is 2.28. The fraction of sp³-hybridized carbons (Fsp3) is 0.471. The van der Waals surface area contributed by atoms with Gasteiger partial charge in [-0.2, -0.15) is 4.68 Å². The minimum atomic E-state index is -0.231. The van der Waals surface area contributed by atoms with Crippen molar-refractivity contribution in [3.63, 3.8) is 0 Å². The van der Waals surface area contributed by atoms with Crippen molar-refractivity contribution in [1.82, 2.24) is 30.4 Å². The minimum absolute atomic E-state index is 0.0419. The number of carbonyl (C=O) groups excluding carboxylic acids is 2. The number of carbonyl (C=O) groups is 2. The molecule has 1 aromatic carbocycles. The molecule has 9 heteroatoms. The van der Waals surface area contributed by atoms with E-state index in [1.165, 1.54) is 7.11 Å². The van der Waals surface area contributed by atoms with Gasteiger partial charge in [0, 0.05) is 20.2 Å². The molecule has 0 unspecified atom stereocenters. The van der Waals surface area contributed by atoms with Gasteiger partial charge in [-0.25, -0.2) is 0 Å². The predicted molar refractivity (Wildman–Crippen MR) is 92.2 cm³/mol. The maximum atomic E-state index is 12.5. The van der Waals surface area contributed by atoms with Crippen molar-refractivity contribution >= 4 is 11.8 Å². The summed E-state index contributed by atoms with van der Waals surface area (Å²) < 4.78 is 6.48. The molecule has 2 aromatic rings. The summed E-state index contributed by atoms with van der Waals surface area (Å²) in [6.45, 7) is 1.35. The van der Waals surface area contributed by atoms with Gasteiger partial charge in [-0.05, 0) is 35.4 Å². The van der Waals surface area contributed by atoms with Crippen molar-refractivity contribution in [1.29, 1.82) is 0 Å². The summed E-state index contributed by atoms with van der Waals surface area (Å²) in [5, 5.41) is 14.5. The van der Waals surface area contributed by atoms with Gasteiger partial charge in [-0.15, -0.1) is 5.10 Å². The van der Waals surface area contributed by atoms with Crippen LogP contribution < -0.4 is 5.32 Å². The number of benzene rings is 1. The average Bonchev–Trinajstić information content (AvgIpc) is 3.15. The van der Waals surface area contributed by atoms with Crippen LogP contribution in [0.5, 0.6) is 0 Å². The number of hydrogen-bond donors (Lipinski definition) is 1. The third-order valence-corrected chi connectivity index (χ3v) is 4.37. The smallest absolute Gasteiger partial charge is 0.248 e. The van der Waals surface area contributed by atoms with Crippen molar-refractivity contribution in [3.8, 4) is 5.69 Å². The zero-order valence-electron chi connectivity index (χ0n) is 14.7. The first-order valence-electron chi connectivity index (χ1n) is 8.56. The average molecular weight is 358 g/mol. The number of tetrazole rings is 1. The minimum Gasteiger partial charge on any atom is -0.375 e. The van der Waals surface area contributed by atoms with Gasteiger partial charge in [-0.1, -0.05) is 18.2 Å². The Morgan fingerprint density at radius 2 is 2.12 bits per heavy atom. The van der Waals surface area contributed by atoms with E-state index in [0.29, 0.717) is 18.9 Å². The summed E-state index contributed by atoms with van der Waals surface area (Å²) in [7, 11) is 1.49. The molecule has 1 fully saturated rings. The first-order valence-corrected chi connectivity index (χ1v) is 8.56. The molecule has 1 saturated heterocycles. The van der Waals surface area contributed by atoms with Crippen LogP contribution in [0.15, 0.2) is 30.3 Å². The number of hydrogen-bond acceptors (Lipinski definition) is 6. The van der Waals surface area contributed by atoms with E-state index in [-0.39, 0.29) is 30.9 Å². The van der Waals surface area contributed by atoms with E-state index in [1.807, 2.05) is 30.3 Å². The molecule has 26 heavy (non-hydrogen) atoms. The number of ether oxygens (including phenoxy) is 1. The van der Waals surface area contributed by atoms with E-state index < -0.39 is 0 Å². The fourth-order valence-corrected chi connectivity index (χ4v) is 3.03. The van der Waals surface area contributed by atoms with Crippen molar-refractivity contribution < 1.29 is 14.3 Å². The van der Waals surface area contributed by atoms with E-state index in [1.54, 1.807) is 9.58 Å². The number of methoxy groups -OCH3 is 1. The lowest BCUT2D eigenvalue weighted by atomic mass is 9.97. The molecule has 9 nitrogen and oxygen atoms in total. The van der Waals surface area contributed by atoms with Gasteiger partial charge in [-0.3, -0.25) is 9.59 Å². The number of piperidine rings is 1. The Hall–Kier alpha value is -2.81. The number of para-hydroxylation sites is 1. The van der Waals surface area contributed by atoms with Gasteiger partial charge in [0.25, 0.3) is 0 Å². The number of nitrogens with one attached hydrogen (secondary N) is 1. The summed E-state index contributed by atoms with van der Waals surface area (Å²) >= 11 is 0. The van der Waals surface area contributed by atoms with Crippen molar-refractivity contribution in [3.05, 3.63) is 36.2 Å². The molecule has 3 rings (SSSR count). The number of rotatable bonds is 6. The first-order chi connectivity index (χ1) is 12.7. The Morgan fingerprint density at radius 3 is 2.88 bits per heavy atom. The van der Waals surface area contributed by atoms with E-state index in [0.717, 1.165) is 18.5 Å². The van der Waals surface area contributed by atoms with Crippen LogP contribution in [-0.4, -0.2) is 63.7 Å². The topological polar surface area (TPSA) is 102 Å². The lowest BCUT2D eigenvalue weighted by Gasteiger charge is -2.31. The quantitative estimate of drug-likeness (QED) is 0.789. The van der Waals surface area contributed by atoms with E-state index >= 15 is 0 Å². The standard InChI is InChI=1S/C17H22N6O3/c1-26-12-16(24)22-9-5-6-13(11-22)17(25)18-10-15-19-20-21-23(15)14-7-3-2-4-8-14/h2-4,7-8,13H,5-6,9-12H2,1H3,(H,18,25)/t13-/m1/s1. The molecule has 0 bridgehead atoms. The zero-order chi connectivity index (χ0) is 18.4. The van der Waals surface area contributed by atoms with Gasteiger partial charge < -0.3 is 15.0 Å². The Labute approximate surface area is 151 Å². The van der Waals surface area contributed by atoms with Crippen LogP contribution in [0.3, 0.4) is 0 Å². The van der Waals surface area contributed by atoms with Gasteiger partial charge in [0.2, 0.25) is 11.8 Å². The molecule has 2 amide bonds. The van der Waals surface area contributed by atoms with Crippen LogP contribution >= 0.6 is 0 Å². The van der Waals surface area contributed by atoms with Gasteiger partial charge in [0.1, 0.15) is 6.61 Å². The first kappa shape index (κ1) is 18.0. The highest BCUT2D eigenvalue weighted by atomic mass is 16.5. The summed E-state index contributed by atoms with van der Waals surface area (Å²) in [6.07, 6.45) is 1.56. The maximum absolute atomic E-state index is 12.5. The Bertz CT molecular complexity index is 748. The number of amides is 2. The maximum Gasteiger partial charge on any atom is 0.248 e. The molecule has 0 radical (unpaired) electrons. The highest BCUT2D eigenvalue weighted by molar-refractivity contribution is 5.81. The van der Waals surface area contributed by atoms with Gasteiger partial charge in [0.05, 0.1) is 18.2 Å². The van der Waals surface area contributed by atoms with Gasteiger partial charge >= 0.3 is 0 Å². The molecule has 1 aliphatic rings. The van der Waals surface area contributed by atoms with Gasteiger partial charge in [0.15, 0.2) is 5.82 Å². The molecular formula is C17H22N6O3. The number of likely N-dealkylation sites (tertiary alicyclic amines) is 1. The number of nitrogens with zero attached hydrogens (tertiary/aromatic N) is 5. The van der Waals surface area contributed by atoms with Crippen molar-refractivity contribution in [2.75, 3.05) is 26.8 Å². The lowest BCUT2D eigenvalue weighted by Crippen LogP contribution is -2.46. The molecule has 1 aliphatic heterocycles. The van der Waals surface area contributed by atoms with Crippen molar-refractivity contribution in [2.24, 2.45) is 5.92 Å². The molecule has 1 aromatic heterocycles. The largest absolute Gasteiger partial charge is 0.375 e. The second-order valence-electron chi connectivity index (χ2n) is 6.17. The monoisotopic (exact) mass is 358 g/mol. The summed E-state index contributed by atoms with van der Waals surface area (Å²) in [5.74, 6) is 0.138. The summed E-state index contributed by atoms with van der Waals surface area (Å²) in [5.41, 5.74) is 0.829. The van der Waals surface area contributed by atoms with Crippen LogP contribution in [0.25, 0.3) is 5.69 Å². The molecule has 1 atom stereocenters. The third kappa shape index (κ3) is 4.23. The molecule has 0 aliphatic carbocycles. The van der Waals surface area contributed by atoms with E-state index in [9.17, 15) is 9.59 Å². The van der Waals surface area contributed by atoms with Crippen molar-refractivity contribution in [2.45, 2.75) is 19.4 Å². The van der Waals surface area contributed by atoms with E-state index in [2.05, 4.69) is 20.8 Å². The highest BCUT2D eigenvalue weighted by Crippen LogP contribution is 2.17. The van der Waals surface area contributed by atoms with Crippen LogP contribution in [0.1, 0.15) is 18.7 Å². The molecular weight excluding hydrogens is 336 g/mol. The molecule has 138 valence electrons. The van der Waals surface area contributed by atoms with Crippen LogP contribution in [-0.2, 0) is 20.9 Å². The second-order valence-corrected chi connectivity index (χ2v) is 6.17. The number of aromatic nitrogens is 4. The van der Waals surface area contributed by atoms with E-state index in [4.69, 9.17) is 4.74 Å². The third-order valence-electron chi connectivity index (χ3n) is 4.37. The Morgan fingerprint density at radius 1 is 1.31 bits per heavy atom. The molecule has 1 N–H and O–H groups in total. The SMILES string of the molecule is COCC(=O)N1CCC[C@@H](C(=O)NCc2nnnn2-c2ccccc2)C1. The summed E-state index contributed by atoms with van der Waals surface area (Å²) in [4.78, 5) is 26.1. The second kappa shape index (κ2) is 8.52. The zero-order valence-corrected chi connectivity index (χ0v) is 14.7. The summed E-state index contributed by atoms with van der Waals surface area (Å²) in [6, 6.07) is 9.49. The lowest BCUT2D eigenvalue weighted by molar-refractivity contribution is -0.139.